The van der Waals surface area contributed by atoms with Crippen LogP contribution in [0.4, 0.5) is 5.69 Å². The van der Waals surface area contributed by atoms with Gasteiger partial charge in [-0.05, 0) is 37.3 Å². The third-order valence-corrected chi connectivity index (χ3v) is 5.52. The van der Waals surface area contributed by atoms with E-state index in [0.717, 1.165) is 15.8 Å². The van der Waals surface area contributed by atoms with Crippen LogP contribution in [0.2, 0.25) is 0 Å². The van der Waals surface area contributed by atoms with Gasteiger partial charge in [-0.3, -0.25) is 4.79 Å². The number of amides is 1. The number of benzene rings is 2. The summed E-state index contributed by atoms with van der Waals surface area (Å²) in [6, 6.07) is 16.1. The molecule has 0 unspecified atom stereocenters. The molecule has 0 saturated heterocycles. The Labute approximate surface area is 204 Å². The van der Waals surface area contributed by atoms with Gasteiger partial charge in [0.2, 0.25) is 11.7 Å². The van der Waals surface area contributed by atoms with Crippen LogP contribution >= 0.6 is 0 Å². The average molecular weight is 486 g/mol. The molecule has 3 aromatic heterocycles. The third-order valence-electron chi connectivity index (χ3n) is 5.52. The molecule has 1 N–H and O–H groups in total. The maximum absolute atomic E-state index is 12.9. The predicted molar refractivity (Wildman–Crippen MR) is 131 cm³/mol. The quantitative estimate of drug-likeness (QED) is 0.372. The molecular formula is C25H22N6O5. The van der Waals surface area contributed by atoms with E-state index in [4.69, 9.17) is 14.0 Å². The van der Waals surface area contributed by atoms with E-state index in [2.05, 4.69) is 20.6 Å². The Kier molecular flexibility index (Phi) is 5.95. The van der Waals surface area contributed by atoms with E-state index >= 15 is 0 Å². The second-order valence-corrected chi connectivity index (χ2v) is 7.96. The molecule has 0 aliphatic rings. The van der Waals surface area contributed by atoms with Crippen molar-refractivity contribution in [3.8, 4) is 34.3 Å². The van der Waals surface area contributed by atoms with Crippen molar-refractivity contribution in [1.82, 2.24) is 24.3 Å². The van der Waals surface area contributed by atoms with Gasteiger partial charge in [-0.25, -0.2) is 13.9 Å². The molecule has 5 aromatic rings. The number of rotatable bonds is 7. The van der Waals surface area contributed by atoms with Crippen LogP contribution < -0.4 is 20.5 Å². The zero-order chi connectivity index (χ0) is 25.2. The van der Waals surface area contributed by atoms with E-state index in [1.165, 1.54) is 18.6 Å². The van der Waals surface area contributed by atoms with Crippen LogP contribution in [-0.2, 0) is 11.3 Å². The maximum Gasteiger partial charge on any atom is 0.350 e. The first-order valence-electron chi connectivity index (χ1n) is 11.0. The second-order valence-electron chi connectivity index (χ2n) is 7.96. The Bertz CT molecular complexity index is 1630. The topological polar surface area (TPSA) is 126 Å². The van der Waals surface area contributed by atoms with Crippen LogP contribution in [0.25, 0.3) is 28.5 Å². The summed E-state index contributed by atoms with van der Waals surface area (Å²) in [5.74, 6) is 1.19. The summed E-state index contributed by atoms with van der Waals surface area (Å²) in [6.45, 7) is 1.67. The number of anilines is 1. The number of nitrogens with zero attached hydrogens (tertiary/aromatic N) is 5. The Balaban J connectivity index is 1.43. The molecule has 0 spiro atoms. The lowest BCUT2D eigenvalue weighted by Crippen LogP contribution is -2.28. The number of nitrogens with one attached hydrogen (secondary N) is 1. The van der Waals surface area contributed by atoms with Crippen LogP contribution in [0.15, 0.2) is 70.1 Å². The monoisotopic (exact) mass is 486 g/mol. The summed E-state index contributed by atoms with van der Waals surface area (Å²) >= 11 is 0. The van der Waals surface area contributed by atoms with Gasteiger partial charge in [0.25, 0.3) is 5.89 Å². The van der Waals surface area contributed by atoms with Crippen LogP contribution in [0.3, 0.4) is 0 Å². The summed E-state index contributed by atoms with van der Waals surface area (Å²) in [4.78, 5) is 30.2. The molecule has 182 valence electrons. The standard InChI is InChI=1S/C25H22N6O5/c1-15-6-4-7-16(12-15)22-27-24(36-29-22)18-8-5-11-30-23(18)28-31(25(30)33)14-21(32)26-19-10-9-17(34-2)13-20(19)35-3/h4-13H,14H2,1-3H3,(H,26,32). The van der Waals surface area contributed by atoms with Crippen molar-refractivity contribution in [3.63, 3.8) is 0 Å². The lowest BCUT2D eigenvalue weighted by molar-refractivity contribution is -0.117. The summed E-state index contributed by atoms with van der Waals surface area (Å²) in [7, 11) is 3.02. The van der Waals surface area contributed by atoms with Crippen LogP contribution in [-0.4, -0.2) is 44.4 Å². The van der Waals surface area contributed by atoms with Crippen molar-refractivity contribution >= 4 is 17.2 Å². The molecule has 0 saturated carbocycles. The van der Waals surface area contributed by atoms with Crippen molar-refractivity contribution in [1.29, 1.82) is 0 Å². The molecule has 36 heavy (non-hydrogen) atoms. The van der Waals surface area contributed by atoms with E-state index in [-0.39, 0.29) is 18.1 Å². The molecule has 0 aliphatic carbocycles. The number of carbonyl (C=O) groups excluding carboxylic acids is 1. The number of pyridine rings is 1. The van der Waals surface area contributed by atoms with E-state index in [1.807, 2.05) is 31.2 Å². The van der Waals surface area contributed by atoms with Crippen LogP contribution in [0.1, 0.15) is 5.56 Å². The predicted octanol–water partition coefficient (Wildman–Crippen LogP) is 3.18. The highest BCUT2D eigenvalue weighted by Crippen LogP contribution is 2.29. The number of aryl methyl sites for hydroxylation is 1. The lowest BCUT2D eigenvalue weighted by Gasteiger charge is -2.11. The molecule has 0 fully saturated rings. The molecule has 0 atom stereocenters. The molecular weight excluding hydrogens is 464 g/mol. The van der Waals surface area contributed by atoms with Crippen molar-refractivity contribution < 1.29 is 18.8 Å². The van der Waals surface area contributed by atoms with Gasteiger partial charge < -0.3 is 19.3 Å². The van der Waals surface area contributed by atoms with Gasteiger partial charge in [-0.2, -0.15) is 4.98 Å². The largest absolute Gasteiger partial charge is 0.497 e. The van der Waals surface area contributed by atoms with E-state index in [0.29, 0.717) is 28.6 Å². The van der Waals surface area contributed by atoms with Gasteiger partial charge in [0.15, 0.2) is 5.65 Å². The fourth-order valence-corrected chi connectivity index (χ4v) is 3.77. The van der Waals surface area contributed by atoms with Crippen LogP contribution in [0, 0.1) is 6.92 Å². The van der Waals surface area contributed by atoms with E-state index in [9.17, 15) is 9.59 Å². The molecule has 0 aliphatic heterocycles. The Morgan fingerprint density at radius 1 is 1.08 bits per heavy atom. The third kappa shape index (κ3) is 4.29. The Morgan fingerprint density at radius 3 is 2.72 bits per heavy atom. The van der Waals surface area contributed by atoms with Crippen molar-refractivity contribution in [3.05, 3.63) is 76.8 Å². The molecule has 2 aromatic carbocycles. The number of ether oxygens (including phenoxy) is 2. The van der Waals surface area contributed by atoms with Gasteiger partial charge in [0.1, 0.15) is 18.0 Å². The van der Waals surface area contributed by atoms with Gasteiger partial charge >= 0.3 is 5.69 Å². The Morgan fingerprint density at radius 2 is 1.94 bits per heavy atom. The minimum absolute atomic E-state index is 0.210. The number of hydrogen-bond acceptors (Lipinski definition) is 8. The number of aromatic nitrogens is 5. The fraction of sp³-hybridized carbons (Fsp3) is 0.160. The van der Waals surface area contributed by atoms with Crippen molar-refractivity contribution in [2.45, 2.75) is 13.5 Å². The minimum Gasteiger partial charge on any atom is -0.497 e. The molecule has 0 bridgehead atoms. The molecule has 5 rings (SSSR count). The van der Waals surface area contributed by atoms with Gasteiger partial charge in [-0.15, -0.1) is 5.10 Å². The molecule has 11 nitrogen and oxygen atoms in total. The summed E-state index contributed by atoms with van der Waals surface area (Å²) in [5, 5.41) is 11.2. The zero-order valence-electron chi connectivity index (χ0n) is 19.8. The number of hydrogen-bond donors (Lipinski definition) is 1. The van der Waals surface area contributed by atoms with Crippen molar-refractivity contribution in [2.75, 3.05) is 19.5 Å². The fourth-order valence-electron chi connectivity index (χ4n) is 3.77. The number of fused-ring (bicyclic) bond motifs is 1. The van der Waals surface area contributed by atoms with Gasteiger partial charge in [0.05, 0.1) is 25.5 Å². The average Bonchev–Trinajstić information content (AvgIpc) is 3.49. The number of carbonyl (C=O) groups is 1. The first-order valence-corrected chi connectivity index (χ1v) is 11.0. The molecule has 1 amide bonds. The van der Waals surface area contributed by atoms with Gasteiger partial charge in [-0.1, -0.05) is 28.9 Å². The Hall–Kier alpha value is -4.93. The SMILES string of the molecule is COc1ccc(NC(=O)Cn2nc3c(-c4nc(-c5cccc(C)c5)no4)cccn3c2=O)c(OC)c1. The van der Waals surface area contributed by atoms with Crippen molar-refractivity contribution in [2.24, 2.45) is 0 Å². The lowest BCUT2D eigenvalue weighted by atomic mass is 10.1. The van der Waals surface area contributed by atoms with E-state index < -0.39 is 11.6 Å². The molecule has 3 heterocycles. The highest BCUT2D eigenvalue weighted by atomic mass is 16.5. The summed E-state index contributed by atoms with van der Waals surface area (Å²) in [6.07, 6.45) is 1.56. The number of methoxy groups -OCH3 is 2. The van der Waals surface area contributed by atoms with E-state index in [1.54, 1.807) is 36.5 Å². The molecule has 0 radical (unpaired) electrons. The summed E-state index contributed by atoms with van der Waals surface area (Å²) < 4.78 is 18.4. The normalized spacial score (nSPS) is 11.0. The maximum atomic E-state index is 12.9. The molecule has 11 heteroatoms. The van der Waals surface area contributed by atoms with Gasteiger partial charge in [0, 0.05) is 17.8 Å². The highest BCUT2D eigenvalue weighted by molar-refractivity contribution is 5.92. The highest BCUT2D eigenvalue weighted by Gasteiger charge is 2.19. The smallest absolute Gasteiger partial charge is 0.350 e. The van der Waals surface area contributed by atoms with Crippen LogP contribution in [0.5, 0.6) is 11.5 Å². The minimum atomic E-state index is -0.484. The summed E-state index contributed by atoms with van der Waals surface area (Å²) in [5.41, 5.74) is 2.59. The first kappa shape index (κ1) is 22.8. The first-order chi connectivity index (χ1) is 17.5. The second kappa shape index (κ2) is 9.37. The zero-order valence-corrected chi connectivity index (χ0v) is 19.8.